The molecule has 19 heavy (non-hydrogen) atoms. The second-order valence-electron chi connectivity index (χ2n) is 6.25. The molecule has 0 bridgehead atoms. The first kappa shape index (κ1) is 16.0. The lowest BCUT2D eigenvalue weighted by molar-refractivity contribution is 0.101. The maximum atomic E-state index is 13.1. The summed E-state index contributed by atoms with van der Waals surface area (Å²) in [5, 5.41) is 0.0867. The number of hydrogen-bond donors (Lipinski definition) is 0. The zero-order valence-electron chi connectivity index (χ0n) is 12.5. The number of pyridine rings is 1. The number of hydrogen-bond acceptors (Lipinski definition) is 3. The van der Waals surface area contributed by atoms with Crippen molar-refractivity contribution >= 4 is 14.1 Å². The Morgan fingerprint density at radius 3 is 2.47 bits per heavy atom. The van der Waals surface area contributed by atoms with Gasteiger partial charge in [-0.25, -0.2) is 4.39 Å². The van der Waals surface area contributed by atoms with Crippen molar-refractivity contribution < 1.29 is 13.6 Å². The molecule has 0 aliphatic carbocycles. The lowest BCUT2D eigenvalue weighted by Crippen LogP contribution is -2.40. The summed E-state index contributed by atoms with van der Waals surface area (Å²) in [4.78, 5) is 15.5. The van der Waals surface area contributed by atoms with Crippen LogP contribution in [0.25, 0.3) is 0 Å². The monoisotopic (exact) mass is 283 g/mol. The van der Waals surface area contributed by atoms with Crippen LogP contribution in [0.2, 0.25) is 18.1 Å². The van der Waals surface area contributed by atoms with E-state index in [1.807, 2.05) is 0 Å². The minimum atomic E-state index is -1.90. The highest BCUT2D eigenvalue weighted by atomic mass is 28.4. The number of carbonyl (C=O) groups excluding carboxylic acids is 1. The van der Waals surface area contributed by atoms with Crippen molar-refractivity contribution in [2.75, 3.05) is 0 Å². The van der Waals surface area contributed by atoms with Gasteiger partial charge in [-0.2, -0.15) is 0 Å². The van der Waals surface area contributed by atoms with Crippen LogP contribution >= 0.6 is 0 Å². The normalized spacial score (nSPS) is 12.6. The summed E-state index contributed by atoms with van der Waals surface area (Å²) >= 11 is 0. The molecule has 0 aliphatic rings. The van der Waals surface area contributed by atoms with Crippen LogP contribution < -0.4 is 0 Å². The lowest BCUT2D eigenvalue weighted by Gasteiger charge is -2.36. The van der Waals surface area contributed by atoms with Crippen LogP contribution in [0.15, 0.2) is 12.3 Å². The molecule has 0 unspecified atom stereocenters. The number of carbonyl (C=O) groups is 1. The van der Waals surface area contributed by atoms with E-state index in [0.717, 1.165) is 6.20 Å². The fourth-order valence-corrected chi connectivity index (χ4v) is 2.28. The number of Topliss-reactive ketones (excluding diaryl/α,β-unsaturated/α-hetero) is 1. The second kappa shape index (κ2) is 5.51. The van der Waals surface area contributed by atoms with Gasteiger partial charge in [-0.1, -0.05) is 20.8 Å². The summed E-state index contributed by atoms with van der Waals surface area (Å²) < 4.78 is 19.1. The van der Waals surface area contributed by atoms with Gasteiger partial charge in [0.05, 0.1) is 18.5 Å². The van der Waals surface area contributed by atoms with E-state index in [4.69, 9.17) is 4.43 Å². The van der Waals surface area contributed by atoms with Gasteiger partial charge >= 0.3 is 0 Å². The fourth-order valence-electron chi connectivity index (χ4n) is 1.35. The number of ketones is 1. The van der Waals surface area contributed by atoms with Gasteiger partial charge < -0.3 is 4.43 Å². The van der Waals surface area contributed by atoms with E-state index in [1.54, 1.807) is 0 Å². The number of halogens is 1. The smallest absolute Gasteiger partial charge is 0.192 e. The van der Waals surface area contributed by atoms with Crippen LogP contribution in [0.4, 0.5) is 4.39 Å². The molecular weight excluding hydrogens is 261 g/mol. The van der Waals surface area contributed by atoms with Gasteiger partial charge in [0.15, 0.2) is 14.1 Å². The predicted octanol–water partition coefficient (Wildman–Crippen LogP) is 3.95. The Morgan fingerprint density at radius 2 is 2.00 bits per heavy atom. The van der Waals surface area contributed by atoms with E-state index in [1.165, 1.54) is 13.0 Å². The molecule has 3 nitrogen and oxygen atoms in total. The molecule has 0 aliphatic heterocycles. The molecule has 1 aromatic rings. The third kappa shape index (κ3) is 3.94. The largest absolute Gasteiger partial charge is 0.411 e. The lowest BCUT2D eigenvalue weighted by atomic mass is 10.1. The number of rotatable bonds is 4. The third-order valence-electron chi connectivity index (χ3n) is 3.69. The summed E-state index contributed by atoms with van der Waals surface area (Å²) in [6, 6.07) is 1.22. The highest BCUT2D eigenvalue weighted by molar-refractivity contribution is 6.74. The van der Waals surface area contributed by atoms with Crippen molar-refractivity contribution in [2.24, 2.45) is 0 Å². The molecular formula is C14H22FNO2Si. The first-order valence-electron chi connectivity index (χ1n) is 6.34. The molecule has 0 saturated carbocycles. The molecule has 0 spiro atoms. The van der Waals surface area contributed by atoms with Gasteiger partial charge in [0.25, 0.3) is 0 Å². The maximum absolute atomic E-state index is 13.1. The number of nitrogens with zero attached hydrogens (tertiary/aromatic N) is 1. The molecule has 106 valence electrons. The summed E-state index contributed by atoms with van der Waals surface area (Å²) in [7, 11) is -1.90. The fraction of sp³-hybridized carbons (Fsp3) is 0.571. The van der Waals surface area contributed by atoms with E-state index in [-0.39, 0.29) is 17.4 Å². The van der Waals surface area contributed by atoms with Crippen LogP contribution in [-0.2, 0) is 11.0 Å². The molecule has 1 aromatic heterocycles. The number of aromatic nitrogens is 1. The van der Waals surface area contributed by atoms with Crippen LogP contribution in [0.5, 0.6) is 0 Å². The average Bonchev–Trinajstić information content (AvgIpc) is 2.25. The molecule has 0 radical (unpaired) electrons. The van der Waals surface area contributed by atoms with E-state index in [9.17, 15) is 9.18 Å². The zero-order valence-corrected chi connectivity index (χ0v) is 13.5. The van der Waals surface area contributed by atoms with E-state index in [2.05, 4.69) is 38.8 Å². The molecule has 0 amide bonds. The van der Waals surface area contributed by atoms with Crippen molar-refractivity contribution in [3.05, 3.63) is 29.3 Å². The Kier molecular flexibility index (Phi) is 4.63. The summed E-state index contributed by atoms with van der Waals surface area (Å²) in [6.45, 7) is 12.3. The minimum absolute atomic E-state index is 0.0867. The highest BCUT2D eigenvalue weighted by Crippen LogP contribution is 2.37. The first-order chi connectivity index (χ1) is 8.54. The van der Waals surface area contributed by atoms with Gasteiger partial charge in [-0.3, -0.25) is 9.78 Å². The topological polar surface area (TPSA) is 39.2 Å². The molecule has 0 fully saturated rings. The summed E-state index contributed by atoms with van der Waals surface area (Å²) in [6.07, 6.45) is 1.12. The van der Waals surface area contributed by atoms with Gasteiger partial charge in [0.2, 0.25) is 0 Å². The Hall–Kier alpha value is -1.07. The minimum Gasteiger partial charge on any atom is -0.411 e. The van der Waals surface area contributed by atoms with Gasteiger partial charge in [0.1, 0.15) is 5.82 Å². The van der Waals surface area contributed by atoms with E-state index in [0.29, 0.717) is 11.3 Å². The van der Waals surface area contributed by atoms with Gasteiger partial charge in [-0.15, -0.1) is 0 Å². The SMILES string of the molecule is CC(=O)c1cc(F)cnc1CO[Si](C)(C)C(C)(C)C. The van der Waals surface area contributed by atoms with E-state index >= 15 is 0 Å². The second-order valence-corrected chi connectivity index (χ2v) is 11.1. The van der Waals surface area contributed by atoms with Crippen LogP contribution in [-0.4, -0.2) is 19.1 Å². The Morgan fingerprint density at radius 1 is 1.42 bits per heavy atom. The Bertz CT molecular complexity index is 481. The predicted molar refractivity (Wildman–Crippen MR) is 76.2 cm³/mol. The maximum Gasteiger partial charge on any atom is 0.192 e. The van der Waals surface area contributed by atoms with Crippen molar-refractivity contribution in [1.82, 2.24) is 4.98 Å². The molecule has 0 atom stereocenters. The van der Waals surface area contributed by atoms with Crippen molar-refractivity contribution in [2.45, 2.75) is 52.4 Å². The van der Waals surface area contributed by atoms with E-state index < -0.39 is 14.1 Å². The molecule has 1 heterocycles. The van der Waals surface area contributed by atoms with Crippen molar-refractivity contribution in [1.29, 1.82) is 0 Å². The molecule has 0 aromatic carbocycles. The zero-order chi connectivity index (χ0) is 14.8. The van der Waals surface area contributed by atoms with Gasteiger partial charge in [-0.05, 0) is 31.1 Å². The van der Waals surface area contributed by atoms with Crippen LogP contribution in [0.1, 0.15) is 43.7 Å². The Labute approximate surface area is 115 Å². The average molecular weight is 283 g/mol. The summed E-state index contributed by atoms with van der Waals surface area (Å²) in [5.41, 5.74) is 0.817. The molecule has 1 rings (SSSR count). The molecule has 0 saturated heterocycles. The highest BCUT2D eigenvalue weighted by Gasteiger charge is 2.37. The standard InChI is InChI=1S/C14H22FNO2Si/c1-10(17)12-7-11(15)8-16-13(12)9-18-19(5,6)14(2,3)4/h7-8H,9H2,1-6H3. The van der Waals surface area contributed by atoms with Crippen LogP contribution in [0, 0.1) is 5.82 Å². The Balaban J connectivity index is 2.93. The van der Waals surface area contributed by atoms with Crippen molar-refractivity contribution in [3.8, 4) is 0 Å². The van der Waals surface area contributed by atoms with Crippen molar-refractivity contribution in [3.63, 3.8) is 0 Å². The quantitative estimate of drug-likeness (QED) is 0.620. The third-order valence-corrected chi connectivity index (χ3v) is 8.17. The molecule has 0 N–H and O–H groups in total. The van der Waals surface area contributed by atoms with Crippen LogP contribution in [0.3, 0.4) is 0 Å². The molecule has 5 heteroatoms. The van der Waals surface area contributed by atoms with Gasteiger partial charge in [0, 0.05) is 5.56 Å². The first-order valence-corrected chi connectivity index (χ1v) is 9.25. The summed E-state index contributed by atoms with van der Waals surface area (Å²) in [5.74, 6) is -0.692.